The zero-order chi connectivity index (χ0) is 16.8. The zero-order valence-electron chi connectivity index (χ0n) is 13.6. The number of rotatable bonds is 5. The summed E-state index contributed by atoms with van der Waals surface area (Å²) in [4.78, 5) is 25.2. The Bertz CT molecular complexity index is 442. The molecule has 1 heterocycles. The van der Waals surface area contributed by atoms with Gasteiger partial charge in [0.2, 0.25) is 0 Å². The highest BCUT2D eigenvalue weighted by atomic mass is 32.2. The number of nitrogens with zero attached hydrogens (tertiary/aromatic N) is 2. The van der Waals surface area contributed by atoms with Crippen LogP contribution in [0, 0.1) is 17.2 Å². The van der Waals surface area contributed by atoms with Crippen LogP contribution in [0.3, 0.4) is 0 Å². The van der Waals surface area contributed by atoms with Crippen molar-refractivity contribution in [1.82, 2.24) is 4.90 Å². The van der Waals surface area contributed by atoms with Crippen LogP contribution in [-0.4, -0.2) is 46.8 Å². The van der Waals surface area contributed by atoms with Gasteiger partial charge in [0, 0.05) is 11.8 Å². The molecule has 6 nitrogen and oxygen atoms in total. The van der Waals surface area contributed by atoms with Gasteiger partial charge >= 0.3 is 12.1 Å². The second-order valence-electron chi connectivity index (χ2n) is 6.36. The molecule has 0 bridgehead atoms. The van der Waals surface area contributed by atoms with Crippen LogP contribution < -0.4 is 0 Å². The quantitative estimate of drug-likeness (QED) is 0.722. The second kappa shape index (κ2) is 8.28. The number of thioether (sulfide) groups is 1. The third-order valence-electron chi connectivity index (χ3n) is 3.14. The molecule has 1 aliphatic heterocycles. The largest absolute Gasteiger partial charge is 0.450 e. The summed E-state index contributed by atoms with van der Waals surface area (Å²) in [5.74, 6) is 0.0467. The van der Waals surface area contributed by atoms with Gasteiger partial charge in [0.1, 0.15) is 11.7 Å². The first-order chi connectivity index (χ1) is 10.2. The number of amides is 1. The summed E-state index contributed by atoms with van der Waals surface area (Å²) in [6.07, 6.45) is 1.22. The molecule has 0 spiro atoms. The smallest absolute Gasteiger partial charge is 0.411 e. The summed E-state index contributed by atoms with van der Waals surface area (Å²) < 4.78 is 10.1. The predicted molar refractivity (Wildman–Crippen MR) is 84.2 cm³/mol. The molecule has 22 heavy (non-hydrogen) atoms. The molecule has 0 aromatic heterocycles. The van der Waals surface area contributed by atoms with E-state index >= 15 is 0 Å². The van der Waals surface area contributed by atoms with Crippen LogP contribution in [-0.2, 0) is 14.3 Å². The number of hydrogen-bond acceptors (Lipinski definition) is 6. The lowest BCUT2D eigenvalue weighted by Crippen LogP contribution is -2.35. The molecule has 2 atom stereocenters. The lowest BCUT2D eigenvalue weighted by Gasteiger charge is -2.24. The van der Waals surface area contributed by atoms with E-state index in [1.54, 1.807) is 29.7 Å². The van der Waals surface area contributed by atoms with Crippen molar-refractivity contribution in [2.45, 2.75) is 51.4 Å². The lowest BCUT2D eigenvalue weighted by molar-refractivity contribution is -0.146. The minimum absolute atomic E-state index is 0.201. The molecule has 0 radical (unpaired) electrons. The van der Waals surface area contributed by atoms with E-state index in [4.69, 9.17) is 14.7 Å². The van der Waals surface area contributed by atoms with Gasteiger partial charge in [-0.3, -0.25) is 9.69 Å². The van der Waals surface area contributed by atoms with Crippen molar-refractivity contribution in [3.05, 3.63) is 0 Å². The SMILES string of the molecule is C[C@@H](CCC1CN(C(=O)OC(C)(C)C)CS1)C(=O)OCC#N. The lowest BCUT2D eigenvalue weighted by atomic mass is 10.0. The van der Waals surface area contributed by atoms with Gasteiger partial charge < -0.3 is 9.47 Å². The zero-order valence-corrected chi connectivity index (χ0v) is 14.4. The Morgan fingerprint density at radius 2 is 2.14 bits per heavy atom. The highest BCUT2D eigenvalue weighted by molar-refractivity contribution is 8.00. The normalized spacial score (nSPS) is 19.4. The fourth-order valence-electron chi connectivity index (χ4n) is 1.97. The van der Waals surface area contributed by atoms with E-state index in [-0.39, 0.29) is 24.6 Å². The third kappa shape index (κ3) is 6.56. The van der Waals surface area contributed by atoms with E-state index < -0.39 is 5.60 Å². The maximum atomic E-state index is 12.0. The summed E-state index contributed by atoms with van der Waals surface area (Å²) in [5, 5.41) is 8.69. The highest BCUT2D eigenvalue weighted by Crippen LogP contribution is 2.28. The number of hydrogen-bond donors (Lipinski definition) is 0. The molecule has 0 N–H and O–H groups in total. The van der Waals surface area contributed by atoms with E-state index in [9.17, 15) is 9.59 Å². The van der Waals surface area contributed by atoms with E-state index in [0.29, 0.717) is 24.1 Å². The average Bonchev–Trinajstić information content (AvgIpc) is 2.89. The number of carbonyl (C=O) groups is 2. The molecule has 0 saturated carbocycles. The first-order valence-electron chi connectivity index (χ1n) is 7.36. The monoisotopic (exact) mass is 328 g/mol. The standard InChI is InChI=1S/C15H24N2O4S/c1-11(13(18)20-8-7-16)5-6-12-9-17(10-22-12)14(19)21-15(2,3)4/h11-12H,5-6,8-10H2,1-4H3/t11-,12?/m0/s1. The van der Waals surface area contributed by atoms with Crippen molar-refractivity contribution in [1.29, 1.82) is 5.26 Å². The summed E-state index contributed by atoms with van der Waals surface area (Å²) in [7, 11) is 0. The van der Waals surface area contributed by atoms with Crippen LogP contribution in [0.2, 0.25) is 0 Å². The van der Waals surface area contributed by atoms with Crippen LogP contribution in [0.1, 0.15) is 40.5 Å². The maximum absolute atomic E-state index is 12.0. The first-order valence-corrected chi connectivity index (χ1v) is 8.41. The van der Waals surface area contributed by atoms with Gasteiger partial charge in [-0.1, -0.05) is 6.92 Å². The van der Waals surface area contributed by atoms with Gasteiger partial charge in [-0.2, -0.15) is 5.26 Å². The molecular formula is C15H24N2O4S. The average molecular weight is 328 g/mol. The van der Waals surface area contributed by atoms with E-state index in [0.717, 1.165) is 6.42 Å². The molecule has 1 fully saturated rings. The van der Waals surface area contributed by atoms with E-state index in [1.165, 1.54) is 0 Å². The maximum Gasteiger partial charge on any atom is 0.411 e. The second-order valence-corrected chi connectivity index (χ2v) is 7.62. The fraction of sp³-hybridized carbons (Fsp3) is 0.800. The van der Waals surface area contributed by atoms with E-state index in [1.807, 2.05) is 20.8 Å². The van der Waals surface area contributed by atoms with E-state index in [2.05, 4.69) is 0 Å². The molecule has 0 aromatic carbocycles. The molecule has 1 rings (SSSR count). The van der Waals surface area contributed by atoms with Crippen LogP contribution in [0.5, 0.6) is 0 Å². The Labute approximate surface area is 136 Å². The summed E-state index contributed by atoms with van der Waals surface area (Å²) in [6.45, 7) is 7.78. The minimum Gasteiger partial charge on any atom is -0.450 e. The molecule has 0 aromatic rings. The topological polar surface area (TPSA) is 79.6 Å². The Morgan fingerprint density at radius 1 is 1.45 bits per heavy atom. The van der Waals surface area contributed by atoms with Crippen LogP contribution >= 0.6 is 11.8 Å². The molecule has 1 saturated heterocycles. The fourth-order valence-corrected chi connectivity index (χ4v) is 3.16. The first kappa shape index (κ1) is 18.6. The predicted octanol–water partition coefficient (Wildman–Crippen LogP) is 2.78. The number of carbonyl (C=O) groups excluding carboxylic acids is 2. The number of nitriles is 1. The van der Waals surface area contributed by atoms with Crippen molar-refractivity contribution >= 4 is 23.8 Å². The van der Waals surface area contributed by atoms with Crippen molar-refractivity contribution in [3.63, 3.8) is 0 Å². The summed E-state index contributed by atoms with van der Waals surface area (Å²) in [6, 6.07) is 1.78. The molecule has 0 aliphatic carbocycles. The Balaban J connectivity index is 2.31. The van der Waals surface area contributed by atoms with Gasteiger partial charge in [-0.05, 0) is 33.6 Å². The molecule has 1 unspecified atom stereocenters. The van der Waals surface area contributed by atoms with Gasteiger partial charge in [-0.15, -0.1) is 11.8 Å². The molecule has 1 aliphatic rings. The molecule has 7 heteroatoms. The Kier molecular flexibility index (Phi) is 7.01. The number of ether oxygens (including phenoxy) is 2. The minimum atomic E-state index is -0.487. The van der Waals surface area contributed by atoms with Crippen LogP contribution in [0.15, 0.2) is 0 Å². The van der Waals surface area contributed by atoms with Gasteiger partial charge in [-0.25, -0.2) is 4.79 Å². The highest BCUT2D eigenvalue weighted by Gasteiger charge is 2.30. The number of esters is 1. The summed E-state index contributed by atoms with van der Waals surface area (Å²) in [5.41, 5.74) is -0.487. The van der Waals surface area contributed by atoms with Crippen molar-refractivity contribution in [2.24, 2.45) is 5.92 Å². The molecular weight excluding hydrogens is 304 g/mol. The van der Waals surface area contributed by atoms with Crippen molar-refractivity contribution < 1.29 is 19.1 Å². The van der Waals surface area contributed by atoms with Gasteiger partial charge in [0.25, 0.3) is 0 Å². The van der Waals surface area contributed by atoms with Crippen LogP contribution in [0.25, 0.3) is 0 Å². The van der Waals surface area contributed by atoms with Gasteiger partial charge in [0.05, 0.1) is 11.8 Å². The summed E-state index contributed by atoms with van der Waals surface area (Å²) >= 11 is 1.70. The third-order valence-corrected chi connectivity index (χ3v) is 4.46. The molecule has 1 amide bonds. The van der Waals surface area contributed by atoms with Crippen molar-refractivity contribution in [2.75, 3.05) is 19.0 Å². The van der Waals surface area contributed by atoms with Crippen LogP contribution in [0.4, 0.5) is 4.79 Å². The Hall–Kier alpha value is -1.42. The Morgan fingerprint density at radius 3 is 2.73 bits per heavy atom. The van der Waals surface area contributed by atoms with Gasteiger partial charge in [0.15, 0.2) is 6.61 Å². The molecule has 124 valence electrons. The van der Waals surface area contributed by atoms with Crippen molar-refractivity contribution in [3.8, 4) is 6.07 Å².